The summed E-state index contributed by atoms with van der Waals surface area (Å²) >= 11 is 6.33. The average Bonchev–Trinajstić information content (AvgIpc) is 3.60. The largest absolute Gasteiger partial charge is 0.496 e. The summed E-state index contributed by atoms with van der Waals surface area (Å²) in [5.41, 5.74) is -1.79. The molecule has 0 aromatic heterocycles. The molecule has 0 bridgehead atoms. The number of nitrogens with zero attached hydrogens (tertiary/aromatic N) is 2. The summed E-state index contributed by atoms with van der Waals surface area (Å²) in [6.45, 7) is 2.00. The lowest BCUT2D eigenvalue weighted by Gasteiger charge is -2.47. The molecule has 7 nitrogen and oxygen atoms in total. The van der Waals surface area contributed by atoms with Crippen LogP contribution in [0.25, 0.3) is 0 Å². The van der Waals surface area contributed by atoms with E-state index < -0.39 is 23.0 Å². The van der Waals surface area contributed by atoms with Gasteiger partial charge in [0.2, 0.25) is 5.60 Å². The summed E-state index contributed by atoms with van der Waals surface area (Å²) < 4.78 is 35.0. The SMILES string of the molecule is CNC(=O)c1ccc(N2CCC3(CC2)C[C@@H]3CCN(C)C(=O)[C@]2(O)c3cccc(OC)c3C2(F)F)cc1Cl. The zero-order chi connectivity index (χ0) is 27.5. The zero-order valence-electron chi connectivity index (χ0n) is 21.7. The summed E-state index contributed by atoms with van der Waals surface area (Å²) in [6.07, 6.45) is 3.71. The predicted molar refractivity (Wildman–Crippen MR) is 140 cm³/mol. The Labute approximate surface area is 225 Å². The lowest BCUT2D eigenvalue weighted by molar-refractivity contribution is -0.230. The Balaban J connectivity index is 1.16. The molecule has 2 amide bonds. The van der Waals surface area contributed by atoms with E-state index in [1.165, 1.54) is 37.3 Å². The number of hydrogen-bond acceptors (Lipinski definition) is 5. The second-order valence-electron chi connectivity index (χ2n) is 10.7. The highest BCUT2D eigenvalue weighted by atomic mass is 35.5. The number of halogens is 3. The van der Waals surface area contributed by atoms with Crippen molar-refractivity contribution in [3.63, 3.8) is 0 Å². The standard InChI is InChI=1S/C28H32ClF2N3O4/c1-32-24(35)19-8-7-18(15-21(19)29)34-13-10-26(11-14-34)16-17(26)9-12-33(2)25(36)27(37)20-5-4-6-22(38-3)23(20)28(27,30)31/h4-8,15,17,37H,9-14,16H2,1-3H3,(H,32,35)/t17-,27+/m0/s1. The van der Waals surface area contributed by atoms with E-state index in [9.17, 15) is 14.7 Å². The second-order valence-corrected chi connectivity index (χ2v) is 11.1. The quantitative estimate of drug-likeness (QED) is 0.544. The number of alkyl halides is 2. The number of benzene rings is 2. The third-order valence-corrected chi connectivity index (χ3v) is 9.09. The monoisotopic (exact) mass is 547 g/mol. The molecule has 10 heteroatoms. The third kappa shape index (κ3) is 3.93. The maximum absolute atomic E-state index is 15.0. The highest BCUT2D eigenvalue weighted by Crippen LogP contribution is 2.62. The van der Waals surface area contributed by atoms with E-state index >= 15 is 8.78 Å². The van der Waals surface area contributed by atoms with Crippen molar-refractivity contribution in [3.8, 4) is 5.75 Å². The van der Waals surface area contributed by atoms with Gasteiger partial charge in [0.15, 0.2) is 0 Å². The van der Waals surface area contributed by atoms with Gasteiger partial charge < -0.3 is 25.0 Å². The molecule has 0 radical (unpaired) electrons. The molecule has 1 saturated carbocycles. The van der Waals surface area contributed by atoms with Crippen molar-refractivity contribution in [1.29, 1.82) is 0 Å². The molecule has 38 heavy (non-hydrogen) atoms. The Morgan fingerprint density at radius 2 is 1.95 bits per heavy atom. The van der Waals surface area contributed by atoms with Gasteiger partial charge in [-0.3, -0.25) is 9.59 Å². The number of ether oxygens (including phenoxy) is 1. The van der Waals surface area contributed by atoms with Crippen molar-refractivity contribution >= 4 is 29.1 Å². The number of methoxy groups -OCH3 is 1. The molecule has 1 aliphatic heterocycles. The first-order valence-corrected chi connectivity index (χ1v) is 13.2. The van der Waals surface area contributed by atoms with Crippen LogP contribution in [0.2, 0.25) is 5.02 Å². The van der Waals surface area contributed by atoms with Gasteiger partial charge in [0.25, 0.3) is 11.8 Å². The van der Waals surface area contributed by atoms with Crippen molar-refractivity contribution in [2.24, 2.45) is 11.3 Å². The van der Waals surface area contributed by atoms with Crippen LogP contribution in [0, 0.1) is 11.3 Å². The number of likely N-dealkylation sites (N-methyl/N-ethyl adjacent to an activating group) is 1. The van der Waals surface area contributed by atoms with E-state index in [0.717, 1.165) is 38.0 Å². The number of carbonyl (C=O) groups is 2. The van der Waals surface area contributed by atoms with Gasteiger partial charge >= 0.3 is 5.92 Å². The van der Waals surface area contributed by atoms with E-state index in [1.807, 2.05) is 12.1 Å². The molecule has 1 heterocycles. The number of anilines is 1. The van der Waals surface area contributed by atoms with Crippen molar-refractivity contribution in [1.82, 2.24) is 10.2 Å². The van der Waals surface area contributed by atoms with Gasteiger partial charge in [-0.2, -0.15) is 8.78 Å². The molecule has 5 rings (SSSR count). The fourth-order valence-electron chi connectivity index (χ4n) is 6.27. The number of rotatable bonds is 7. The highest BCUT2D eigenvalue weighted by molar-refractivity contribution is 6.34. The molecule has 204 valence electrons. The summed E-state index contributed by atoms with van der Waals surface area (Å²) in [6, 6.07) is 9.71. The summed E-state index contributed by atoms with van der Waals surface area (Å²) in [7, 11) is 4.32. The minimum Gasteiger partial charge on any atom is -0.496 e. The Morgan fingerprint density at radius 3 is 2.58 bits per heavy atom. The molecule has 2 aromatic carbocycles. The first kappa shape index (κ1) is 26.7. The topological polar surface area (TPSA) is 82.1 Å². The Kier molecular flexibility index (Phi) is 6.59. The summed E-state index contributed by atoms with van der Waals surface area (Å²) in [5, 5.41) is 13.9. The lowest BCUT2D eigenvalue weighted by atomic mass is 9.68. The minimum absolute atomic E-state index is 0.0384. The van der Waals surface area contributed by atoms with Crippen molar-refractivity contribution in [3.05, 3.63) is 58.1 Å². The zero-order valence-corrected chi connectivity index (χ0v) is 22.4. The number of piperidine rings is 1. The van der Waals surface area contributed by atoms with Gasteiger partial charge in [-0.25, -0.2) is 0 Å². The van der Waals surface area contributed by atoms with Crippen LogP contribution >= 0.6 is 11.6 Å². The molecule has 1 spiro atoms. The molecule has 2 N–H and O–H groups in total. The summed E-state index contributed by atoms with van der Waals surface area (Å²) in [5.74, 6) is -4.58. The fourth-order valence-corrected chi connectivity index (χ4v) is 6.53. The average molecular weight is 548 g/mol. The molecule has 2 atom stereocenters. The van der Waals surface area contributed by atoms with Crippen LogP contribution in [-0.2, 0) is 16.3 Å². The minimum atomic E-state index is -3.73. The molecule has 0 unspecified atom stereocenters. The van der Waals surface area contributed by atoms with Crippen LogP contribution in [0.3, 0.4) is 0 Å². The van der Waals surface area contributed by atoms with Crippen molar-refractivity contribution in [2.45, 2.75) is 37.2 Å². The smallest absolute Gasteiger partial charge is 0.318 e. The fraction of sp³-hybridized carbons (Fsp3) is 0.500. The summed E-state index contributed by atoms with van der Waals surface area (Å²) in [4.78, 5) is 28.4. The molecular formula is C28H32ClF2N3O4. The second kappa shape index (κ2) is 9.38. The van der Waals surface area contributed by atoms with Crippen LogP contribution in [0.1, 0.15) is 47.2 Å². The number of hydrogen-bond donors (Lipinski definition) is 2. The maximum atomic E-state index is 15.0. The molecule has 1 saturated heterocycles. The Bertz CT molecular complexity index is 1280. The van der Waals surface area contributed by atoms with E-state index in [0.29, 0.717) is 29.5 Å². The van der Waals surface area contributed by atoms with Crippen LogP contribution in [0.4, 0.5) is 14.5 Å². The van der Waals surface area contributed by atoms with Gasteiger partial charge in [0, 0.05) is 45.0 Å². The number of aliphatic hydroxyl groups is 1. The first-order chi connectivity index (χ1) is 18.0. The van der Waals surface area contributed by atoms with Crippen LogP contribution < -0.4 is 15.0 Å². The van der Waals surface area contributed by atoms with Gasteiger partial charge in [-0.15, -0.1) is 0 Å². The molecule has 2 aliphatic carbocycles. The normalized spacial score (nSPS) is 24.3. The van der Waals surface area contributed by atoms with Gasteiger partial charge in [0.1, 0.15) is 5.75 Å². The molecule has 3 aliphatic rings. The van der Waals surface area contributed by atoms with Crippen molar-refractivity contribution < 1.29 is 28.2 Å². The highest BCUT2D eigenvalue weighted by Gasteiger charge is 2.72. The van der Waals surface area contributed by atoms with Gasteiger partial charge in [0.05, 0.1) is 23.3 Å². The van der Waals surface area contributed by atoms with E-state index in [2.05, 4.69) is 10.2 Å². The lowest BCUT2D eigenvalue weighted by Crippen LogP contribution is -2.62. The predicted octanol–water partition coefficient (Wildman–Crippen LogP) is 4.16. The molecule has 2 aromatic rings. The van der Waals surface area contributed by atoms with E-state index in [4.69, 9.17) is 16.3 Å². The number of fused-ring (bicyclic) bond motifs is 1. The number of nitrogens with one attached hydrogen (secondary N) is 1. The first-order valence-electron chi connectivity index (χ1n) is 12.8. The van der Waals surface area contributed by atoms with Crippen LogP contribution in [0.5, 0.6) is 5.75 Å². The Morgan fingerprint density at radius 1 is 1.24 bits per heavy atom. The van der Waals surface area contributed by atoms with Gasteiger partial charge in [-0.05, 0) is 61.3 Å². The van der Waals surface area contributed by atoms with Crippen LogP contribution in [-0.4, -0.2) is 62.7 Å². The van der Waals surface area contributed by atoms with Gasteiger partial charge in [-0.1, -0.05) is 23.7 Å². The number of amides is 2. The Hall–Kier alpha value is -2.91. The van der Waals surface area contributed by atoms with Crippen LogP contribution in [0.15, 0.2) is 36.4 Å². The maximum Gasteiger partial charge on any atom is 0.318 e. The van der Waals surface area contributed by atoms with Crippen molar-refractivity contribution in [2.75, 3.05) is 45.7 Å². The molecule has 2 fully saturated rings. The van der Waals surface area contributed by atoms with E-state index in [1.54, 1.807) is 13.1 Å². The third-order valence-electron chi connectivity index (χ3n) is 8.78. The molecular weight excluding hydrogens is 516 g/mol. The number of carbonyl (C=O) groups excluding carboxylic acids is 2. The van der Waals surface area contributed by atoms with E-state index in [-0.39, 0.29) is 22.6 Å².